The number of carboxylic acid groups (broad SMARTS) is 1. The third-order valence-corrected chi connectivity index (χ3v) is 6.34. The van der Waals surface area contributed by atoms with Crippen LogP contribution in [0.1, 0.15) is 48.3 Å². The average Bonchev–Trinajstić information content (AvgIpc) is 3.33. The van der Waals surface area contributed by atoms with Gasteiger partial charge >= 0.3 is 5.97 Å². The molecule has 3 fully saturated rings. The number of aliphatic carboxylic acids is 1. The summed E-state index contributed by atoms with van der Waals surface area (Å²) < 4.78 is 1.51. The van der Waals surface area contributed by atoms with Gasteiger partial charge in [-0.15, -0.1) is 0 Å². The van der Waals surface area contributed by atoms with Crippen LogP contribution in [-0.4, -0.2) is 68.1 Å². The fraction of sp³-hybridized carbons (Fsp3) is 0.684. The highest BCUT2D eigenvalue weighted by Crippen LogP contribution is 2.45. The molecule has 0 unspecified atom stereocenters. The molecule has 3 aliphatic rings. The first-order valence-corrected chi connectivity index (χ1v) is 9.63. The summed E-state index contributed by atoms with van der Waals surface area (Å²) in [5, 5.41) is 13.9. The fourth-order valence-electron chi connectivity index (χ4n) is 4.60. The zero-order valence-corrected chi connectivity index (χ0v) is 15.8. The van der Waals surface area contributed by atoms with Gasteiger partial charge in [-0.05, 0) is 50.5 Å². The molecule has 8 heteroatoms. The largest absolute Gasteiger partial charge is 0.480 e. The molecular weight excluding hydrogens is 348 g/mol. The van der Waals surface area contributed by atoms with Crippen LogP contribution in [0.15, 0.2) is 6.07 Å². The second kappa shape index (κ2) is 6.35. The number of carbonyl (C=O) groups is 3. The van der Waals surface area contributed by atoms with Crippen molar-refractivity contribution in [2.45, 2.75) is 45.1 Å². The highest BCUT2D eigenvalue weighted by Gasteiger charge is 2.51. The minimum absolute atomic E-state index is 0.209. The van der Waals surface area contributed by atoms with E-state index in [1.807, 2.05) is 11.8 Å². The van der Waals surface area contributed by atoms with E-state index in [1.165, 1.54) is 9.58 Å². The summed E-state index contributed by atoms with van der Waals surface area (Å²) in [7, 11) is 1.70. The topological polar surface area (TPSA) is 95.7 Å². The van der Waals surface area contributed by atoms with E-state index in [1.54, 1.807) is 13.1 Å². The third kappa shape index (κ3) is 3.21. The SMILES string of the molecule is Cc1cc(C(=O)N2CC3(CCN(C(=O)C4CC4)CC3)C[C@H]2C(=O)O)n(C)n1. The van der Waals surface area contributed by atoms with Gasteiger partial charge in [0, 0.05) is 32.6 Å². The number of carbonyl (C=O) groups excluding carboxylic acids is 2. The Labute approximate surface area is 158 Å². The summed E-state index contributed by atoms with van der Waals surface area (Å²) in [6, 6.07) is 0.877. The minimum atomic E-state index is -0.962. The second-order valence-electron chi connectivity index (χ2n) is 8.39. The number of likely N-dealkylation sites (tertiary alicyclic amines) is 2. The van der Waals surface area contributed by atoms with Gasteiger partial charge in [-0.25, -0.2) is 4.79 Å². The Bertz CT molecular complexity index is 790. The standard InChI is InChI=1S/C19H26N4O4/c1-12-9-14(21(2)20-12)17(25)23-11-19(10-15(23)18(26)27)5-7-22(8-6-19)16(24)13-3-4-13/h9,13,15H,3-8,10-11H2,1-2H3,(H,26,27)/t15-/m0/s1. The minimum Gasteiger partial charge on any atom is -0.480 e. The van der Waals surface area contributed by atoms with Crippen LogP contribution in [0.5, 0.6) is 0 Å². The quantitative estimate of drug-likeness (QED) is 0.853. The van der Waals surface area contributed by atoms with E-state index in [0.717, 1.165) is 31.4 Å². The summed E-state index contributed by atoms with van der Waals surface area (Å²) >= 11 is 0. The van der Waals surface area contributed by atoms with Crippen LogP contribution < -0.4 is 0 Å². The molecule has 2 aliphatic heterocycles. The Morgan fingerprint density at radius 3 is 2.41 bits per heavy atom. The molecule has 3 heterocycles. The first-order chi connectivity index (χ1) is 12.8. The summed E-state index contributed by atoms with van der Waals surface area (Å²) in [6.07, 6.45) is 3.95. The Morgan fingerprint density at radius 1 is 1.22 bits per heavy atom. The van der Waals surface area contributed by atoms with Gasteiger partial charge in [-0.2, -0.15) is 5.10 Å². The van der Waals surface area contributed by atoms with Crippen molar-refractivity contribution in [3.05, 3.63) is 17.5 Å². The molecule has 4 rings (SSSR count). The molecular formula is C19H26N4O4. The second-order valence-corrected chi connectivity index (χ2v) is 8.39. The summed E-state index contributed by atoms with van der Waals surface area (Å²) in [4.78, 5) is 40.6. The molecule has 0 aromatic carbocycles. The number of carboxylic acids is 1. The molecule has 2 amide bonds. The fourth-order valence-corrected chi connectivity index (χ4v) is 4.60. The molecule has 8 nitrogen and oxygen atoms in total. The molecule has 1 saturated carbocycles. The molecule has 1 atom stereocenters. The highest BCUT2D eigenvalue weighted by atomic mass is 16.4. The summed E-state index contributed by atoms with van der Waals surface area (Å²) in [5.41, 5.74) is 0.929. The van der Waals surface area contributed by atoms with E-state index in [2.05, 4.69) is 5.10 Å². The molecule has 1 spiro atoms. The maximum absolute atomic E-state index is 13.0. The van der Waals surface area contributed by atoms with Crippen molar-refractivity contribution in [1.29, 1.82) is 0 Å². The lowest BCUT2D eigenvalue weighted by atomic mass is 9.76. The molecule has 0 radical (unpaired) electrons. The predicted molar refractivity (Wildman–Crippen MR) is 96.0 cm³/mol. The first kappa shape index (κ1) is 18.0. The van der Waals surface area contributed by atoms with Crippen LogP contribution in [0, 0.1) is 18.3 Å². The number of hydrogen-bond acceptors (Lipinski definition) is 4. The van der Waals surface area contributed by atoms with E-state index < -0.39 is 12.0 Å². The van der Waals surface area contributed by atoms with E-state index in [9.17, 15) is 19.5 Å². The number of aromatic nitrogens is 2. The van der Waals surface area contributed by atoms with E-state index in [-0.39, 0.29) is 23.1 Å². The van der Waals surface area contributed by atoms with Crippen LogP contribution in [0.3, 0.4) is 0 Å². The van der Waals surface area contributed by atoms with Crippen molar-refractivity contribution < 1.29 is 19.5 Å². The number of rotatable bonds is 3. The zero-order valence-electron chi connectivity index (χ0n) is 15.8. The lowest BCUT2D eigenvalue weighted by Crippen LogP contribution is -2.45. The molecule has 1 N–H and O–H groups in total. The number of hydrogen-bond donors (Lipinski definition) is 1. The van der Waals surface area contributed by atoms with Gasteiger partial charge in [0.15, 0.2) is 0 Å². The number of aryl methyl sites for hydroxylation is 2. The van der Waals surface area contributed by atoms with Gasteiger partial charge in [-0.3, -0.25) is 14.3 Å². The lowest BCUT2D eigenvalue weighted by molar-refractivity contribution is -0.141. The molecule has 1 aliphatic carbocycles. The van der Waals surface area contributed by atoms with E-state index in [4.69, 9.17) is 0 Å². The van der Waals surface area contributed by atoms with Gasteiger partial charge in [0.2, 0.25) is 5.91 Å². The highest BCUT2D eigenvalue weighted by molar-refractivity contribution is 5.95. The predicted octanol–water partition coefficient (Wildman–Crippen LogP) is 1.05. The Morgan fingerprint density at radius 2 is 1.89 bits per heavy atom. The number of nitrogens with zero attached hydrogens (tertiary/aromatic N) is 4. The van der Waals surface area contributed by atoms with Gasteiger partial charge in [0.25, 0.3) is 5.91 Å². The monoisotopic (exact) mass is 374 g/mol. The van der Waals surface area contributed by atoms with Gasteiger partial charge in [0.05, 0.1) is 5.69 Å². The van der Waals surface area contributed by atoms with Crippen LogP contribution in [0.25, 0.3) is 0 Å². The van der Waals surface area contributed by atoms with Crippen LogP contribution in [-0.2, 0) is 16.6 Å². The molecule has 1 aromatic heterocycles. The number of piperidine rings is 1. The van der Waals surface area contributed by atoms with Gasteiger partial charge < -0.3 is 14.9 Å². The molecule has 146 valence electrons. The number of amides is 2. The van der Waals surface area contributed by atoms with Crippen molar-refractivity contribution in [3.8, 4) is 0 Å². The van der Waals surface area contributed by atoms with Crippen molar-refractivity contribution >= 4 is 17.8 Å². The maximum atomic E-state index is 13.0. The van der Waals surface area contributed by atoms with Crippen LogP contribution in [0.2, 0.25) is 0 Å². The first-order valence-electron chi connectivity index (χ1n) is 9.63. The average molecular weight is 374 g/mol. The van der Waals surface area contributed by atoms with E-state index >= 15 is 0 Å². The molecule has 2 saturated heterocycles. The van der Waals surface area contributed by atoms with Crippen molar-refractivity contribution in [3.63, 3.8) is 0 Å². The Kier molecular flexibility index (Phi) is 4.24. The Hall–Kier alpha value is -2.38. The Balaban J connectivity index is 1.50. The van der Waals surface area contributed by atoms with Gasteiger partial charge in [-0.1, -0.05) is 0 Å². The zero-order chi connectivity index (χ0) is 19.3. The maximum Gasteiger partial charge on any atom is 0.326 e. The van der Waals surface area contributed by atoms with Crippen LogP contribution >= 0.6 is 0 Å². The van der Waals surface area contributed by atoms with E-state index in [0.29, 0.717) is 31.7 Å². The molecule has 1 aromatic rings. The summed E-state index contributed by atoms with van der Waals surface area (Å²) in [6.45, 7) is 3.56. The third-order valence-electron chi connectivity index (χ3n) is 6.34. The molecule has 0 bridgehead atoms. The smallest absolute Gasteiger partial charge is 0.326 e. The summed E-state index contributed by atoms with van der Waals surface area (Å²) in [5.74, 6) is -0.786. The normalized spacial score (nSPS) is 24.4. The van der Waals surface area contributed by atoms with Crippen molar-refractivity contribution in [2.75, 3.05) is 19.6 Å². The molecule has 27 heavy (non-hydrogen) atoms. The van der Waals surface area contributed by atoms with Crippen LogP contribution in [0.4, 0.5) is 0 Å². The van der Waals surface area contributed by atoms with Crippen molar-refractivity contribution in [2.24, 2.45) is 18.4 Å². The van der Waals surface area contributed by atoms with Gasteiger partial charge in [0.1, 0.15) is 11.7 Å². The lowest BCUT2D eigenvalue weighted by Gasteiger charge is -2.39. The van der Waals surface area contributed by atoms with Crippen molar-refractivity contribution in [1.82, 2.24) is 19.6 Å².